The molecule has 1 aromatic rings. The Morgan fingerprint density at radius 3 is 2.94 bits per heavy atom. The van der Waals surface area contributed by atoms with Crippen LogP contribution in [0.5, 0.6) is 0 Å². The standard InChI is InChI=1S/C12H17FN2O2/c1-17-8-3-2-7-15-12(16)9-5-4-6-10(13)11(9)14/h4-6H,2-3,7-8,14H2,1H3,(H,15,16). The number of carbonyl (C=O) groups excluding carboxylic acids is 1. The fraction of sp³-hybridized carbons (Fsp3) is 0.417. The van der Waals surface area contributed by atoms with Crippen molar-refractivity contribution in [3.8, 4) is 0 Å². The van der Waals surface area contributed by atoms with Crippen molar-refractivity contribution in [2.75, 3.05) is 26.0 Å². The number of para-hydroxylation sites is 1. The van der Waals surface area contributed by atoms with Gasteiger partial charge in [-0.1, -0.05) is 6.07 Å². The number of amides is 1. The van der Waals surface area contributed by atoms with E-state index in [1.165, 1.54) is 18.2 Å². The number of nitrogen functional groups attached to an aromatic ring is 1. The molecule has 5 heteroatoms. The molecule has 0 bridgehead atoms. The van der Waals surface area contributed by atoms with Gasteiger partial charge in [-0.3, -0.25) is 4.79 Å². The molecule has 0 radical (unpaired) electrons. The van der Waals surface area contributed by atoms with Gasteiger partial charge in [0.2, 0.25) is 0 Å². The van der Waals surface area contributed by atoms with E-state index >= 15 is 0 Å². The lowest BCUT2D eigenvalue weighted by atomic mass is 10.1. The number of nitrogens with one attached hydrogen (secondary N) is 1. The number of methoxy groups -OCH3 is 1. The van der Waals surface area contributed by atoms with E-state index in [0.717, 1.165) is 12.8 Å². The third kappa shape index (κ3) is 4.03. The van der Waals surface area contributed by atoms with Crippen LogP contribution in [0.4, 0.5) is 10.1 Å². The molecule has 0 heterocycles. The lowest BCUT2D eigenvalue weighted by molar-refractivity contribution is 0.0952. The Morgan fingerprint density at radius 1 is 1.47 bits per heavy atom. The number of benzene rings is 1. The first-order valence-electron chi connectivity index (χ1n) is 5.48. The lowest BCUT2D eigenvalue weighted by Crippen LogP contribution is -2.25. The maximum Gasteiger partial charge on any atom is 0.253 e. The van der Waals surface area contributed by atoms with Crippen molar-refractivity contribution in [3.05, 3.63) is 29.6 Å². The highest BCUT2D eigenvalue weighted by Gasteiger charge is 2.11. The summed E-state index contributed by atoms with van der Waals surface area (Å²) in [5.41, 5.74) is 5.55. The molecule has 0 fully saturated rings. The van der Waals surface area contributed by atoms with Crippen LogP contribution < -0.4 is 11.1 Å². The van der Waals surface area contributed by atoms with Gasteiger partial charge in [0.25, 0.3) is 5.91 Å². The van der Waals surface area contributed by atoms with E-state index < -0.39 is 5.82 Å². The summed E-state index contributed by atoms with van der Waals surface area (Å²) in [6, 6.07) is 4.19. The molecule has 1 amide bonds. The van der Waals surface area contributed by atoms with Crippen molar-refractivity contribution in [2.45, 2.75) is 12.8 Å². The summed E-state index contributed by atoms with van der Waals surface area (Å²) >= 11 is 0. The van der Waals surface area contributed by atoms with Gasteiger partial charge >= 0.3 is 0 Å². The van der Waals surface area contributed by atoms with E-state index in [2.05, 4.69) is 5.32 Å². The molecule has 0 unspecified atom stereocenters. The van der Waals surface area contributed by atoms with Crippen LogP contribution >= 0.6 is 0 Å². The maximum absolute atomic E-state index is 13.1. The molecular weight excluding hydrogens is 223 g/mol. The van der Waals surface area contributed by atoms with Crippen molar-refractivity contribution in [2.24, 2.45) is 0 Å². The molecule has 0 aliphatic rings. The molecule has 0 saturated carbocycles. The van der Waals surface area contributed by atoms with Crippen LogP contribution in [0.3, 0.4) is 0 Å². The second-order valence-corrected chi connectivity index (χ2v) is 3.66. The Morgan fingerprint density at radius 2 is 2.24 bits per heavy atom. The lowest BCUT2D eigenvalue weighted by Gasteiger charge is -2.07. The number of carbonyl (C=O) groups is 1. The van der Waals surface area contributed by atoms with Crippen LogP contribution in [0.25, 0.3) is 0 Å². The zero-order valence-electron chi connectivity index (χ0n) is 9.83. The van der Waals surface area contributed by atoms with E-state index in [1.807, 2.05) is 0 Å². The smallest absolute Gasteiger partial charge is 0.253 e. The van der Waals surface area contributed by atoms with Gasteiger partial charge in [0, 0.05) is 20.3 Å². The van der Waals surface area contributed by atoms with Gasteiger partial charge in [-0.15, -0.1) is 0 Å². The van der Waals surface area contributed by atoms with E-state index in [-0.39, 0.29) is 17.2 Å². The number of rotatable bonds is 6. The summed E-state index contributed by atoms with van der Waals surface area (Å²) in [6.45, 7) is 1.19. The molecule has 0 aromatic heterocycles. The normalized spacial score (nSPS) is 10.2. The highest BCUT2D eigenvalue weighted by Crippen LogP contribution is 2.15. The number of halogens is 1. The number of ether oxygens (including phenoxy) is 1. The minimum atomic E-state index is -0.572. The molecule has 0 saturated heterocycles. The second kappa shape index (κ2) is 6.85. The first-order valence-corrected chi connectivity index (χ1v) is 5.48. The fourth-order valence-electron chi connectivity index (χ4n) is 1.40. The van der Waals surface area contributed by atoms with Crippen LogP contribution in [-0.4, -0.2) is 26.2 Å². The van der Waals surface area contributed by atoms with Crippen LogP contribution in [-0.2, 0) is 4.74 Å². The largest absolute Gasteiger partial charge is 0.396 e. The summed E-state index contributed by atoms with van der Waals surface area (Å²) in [4.78, 5) is 11.7. The molecule has 3 N–H and O–H groups in total. The van der Waals surface area contributed by atoms with Gasteiger partial charge in [0.1, 0.15) is 5.82 Å². The average Bonchev–Trinajstić information content (AvgIpc) is 2.32. The van der Waals surface area contributed by atoms with Crippen molar-refractivity contribution in [3.63, 3.8) is 0 Å². The molecule has 4 nitrogen and oxygen atoms in total. The molecule has 1 aromatic carbocycles. The second-order valence-electron chi connectivity index (χ2n) is 3.66. The summed E-state index contributed by atoms with van der Waals surface area (Å²) in [6.07, 6.45) is 1.68. The Hall–Kier alpha value is -1.62. The third-order valence-corrected chi connectivity index (χ3v) is 2.36. The number of hydrogen-bond acceptors (Lipinski definition) is 3. The van der Waals surface area contributed by atoms with Crippen molar-refractivity contribution in [1.82, 2.24) is 5.32 Å². The van der Waals surface area contributed by atoms with Gasteiger partial charge in [-0.2, -0.15) is 0 Å². The van der Waals surface area contributed by atoms with Gasteiger partial charge in [0.05, 0.1) is 11.3 Å². The SMILES string of the molecule is COCCCCNC(=O)c1cccc(F)c1N. The van der Waals surface area contributed by atoms with Crippen LogP contribution in [0.15, 0.2) is 18.2 Å². The average molecular weight is 240 g/mol. The predicted molar refractivity (Wildman–Crippen MR) is 64.3 cm³/mol. The van der Waals surface area contributed by atoms with Crippen LogP contribution in [0, 0.1) is 5.82 Å². The molecule has 94 valence electrons. The van der Waals surface area contributed by atoms with E-state index in [9.17, 15) is 9.18 Å². The van der Waals surface area contributed by atoms with Crippen LogP contribution in [0.2, 0.25) is 0 Å². The molecule has 1 rings (SSSR count). The topological polar surface area (TPSA) is 64.3 Å². The molecule has 0 aliphatic heterocycles. The minimum absolute atomic E-state index is 0.109. The molecule has 0 spiro atoms. The van der Waals surface area contributed by atoms with Gasteiger partial charge in [0.15, 0.2) is 0 Å². The van der Waals surface area contributed by atoms with E-state index in [4.69, 9.17) is 10.5 Å². The van der Waals surface area contributed by atoms with E-state index in [1.54, 1.807) is 7.11 Å². The minimum Gasteiger partial charge on any atom is -0.396 e. The quantitative estimate of drug-likeness (QED) is 0.586. The summed E-state index contributed by atoms with van der Waals surface area (Å²) in [5, 5.41) is 2.68. The highest BCUT2D eigenvalue weighted by atomic mass is 19.1. The van der Waals surface area contributed by atoms with Gasteiger partial charge in [-0.25, -0.2) is 4.39 Å². The number of nitrogens with two attached hydrogens (primary N) is 1. The van der Waals surface area contributed by atoms with Crippen molar-refractivity contribution >= 4 is 11.6 Å². The van der Waals surface area contributed by atoms with E-state index in [0.29, 0.717) is 13.2 Å². The Bertz CT molecular complexity index is 383. The molecule has 0 atom stereocenters. The number of anilines is 1. The zero-order chi connectivity index (χ0) is 12.7. The Balaban J connectivity index is 2.44. The number of hydrogen-bond donors (Lipinski definition) is 2. The monoisotopic (exact) mass is 240 g/mol. The summed E-state index contributed by atoms with van der Waals surface area (Å²) in [7, 11) is 1.63. The predicted octanol–water partition coefficient (Wildman–Crippen LogP) is 1.56. The van der Waals surface area contributed by atoms with Gasteiger partial charge < -0.3 is 15.8 Å². The van der Waals surface area contributed by atoms with Crippen molar-refractivity contribution in [1.29, 1.82) is 0 Å². The molecule has 17 heavy (non-hydrogen) atoms. The first-order chi connectivity index (χ1) is 8.16. The Labute approximate surface area is 100.0 Å². The molecular formula is C12H17FN2O2. The zero-order valence-corrected chi connectivity index (χ0v) is 9.83. The molecule has 0 aliphatic carbocycles. The maximum atomic E-state index is 13.1. The first kappa shape index (κ1) is 13.4. The third-order valence-electron chi connectivity index (χ3n) is 2.36. The summed E-state index contributed by atoms with van der Waals surface area (Å²) in [5.74, 6) is -0.920. The fourth-order valence-corrected chi connectivity index (χ4v) is 1.40. The van der Waals surface area contributed by atoms with Crippen LogP contribution in [0.1, 0.15) is 23.2 Å². The number of unbranched alkanes of at least 4 members (excludes halogenated alkanes) is 1. The summed E-state index contributed by atoms with van der Waals surface area (Å²) < 4.78 is 18.0. The van der Waals surface area contributed by atoms with Crippen molar-refractivity contribution < 1.29 is 13.9 Å². The Kier molecular flexibility index (Phi) is 5.42. The highest BCUT2D eigenvalue weighted by molar-refractivity contribution is 5.99. The van der Waals surface area contributed by atoms with Gasteiger partial charge in [-0.05, 0) is 25.0 Å².